The van der Waals surface area contributed by atoms with Gasteiger partial charge >= 0.3 is 11.9 Å². The highest BCUT2D eigenvalue weighted by atomic mass is 16.5. The van der Waals surface area contributed by atoms with Crippen molar-refractivity contribution in [1.82, 2.24) is 4.90 Å². The van der Waals surface area contributed by atoms with Crippen LogP contribution >= 0.6 is 0 Å². The second kappa shape index (κ2) is 10.00. The molecule has 0 saturated heterocycles. The molecular formula is C29H35NO7. The molecule has 2 amide bonds. The monoisotopic (exact) mass is 509 g/mol. The number of rotatable bonds is 7. The smallest absolute Gasteiger partial charge is 0.335 e. The van der Waals surface area contributed by atoms with Gasteiger partial charge in [0.05, 0.1) is 24.7 Å². The van der Waals surface area contributed by atoms with Gasteiger partial charge in [0.2, 0.25) is 0 Å². The summed E-state index contributed by atoms with van der Waals surface area (Å²) in [6, 6.07) is 8.45. The summed E-state index contributed by atoms with van der Waals surface area (Å²) in [4.78, 5) is 52.8. The van der Waals surface area contributed by atoms with Gasteiger partial charge in [-0.15, -0.1) is 0 Å². The molecule has 0 radical (unpaired) electrons. The highest BCUT2D eigenvalue weighted by Gasteiger charge is 2.46. The number of aliphatic carboxylic acids is 1. The third kappa shape index (κ3) is 5.53. The number of carboxylic acid groups (broad SMARTS) is 1. The maximum absolute atomic E-state index is 13.9. The molecule has 2 aromatic carbocycles. The number of carbonyl (C=O) groups excluding carboxylic acids is 3. The maximum Gasteiger partial charge on any atom is 0.335 e. The van der Waals surface area contributed by atoms with Gasteiger partial charge in [-0.2, -0.15) is 0 Å². The van der Waals surface area contributed by atoms with Crippen LogP contribution < -0.4 is 9.47 Å². The fraction of sp³-hybridized carbons (Fsp3) is 0.448. The number of carboxylic acids is 1. The summed E-state index contributed by atoms with van der Waals surface area (Å²) in [7, 11) is 1.56. The fourth-order valence-corrected chi connectivity index (χ4v) is 4.55. The van der Waals surface area contributed by atoms with Crippen molar-refractivity contribution in [1.29, 1.82) is 0 Å². The van der Waals surface area contributed by atoms with Crippen LogP contribution in [0.5, 0.6) is 11.5 Å². The van der Waals surface area contributed by atoms with Crippen LogP contribution in [-0.4, -0.2) is 46.9 Å². The number of hydrogen-bond donors (Lipinski definition) is 1. The molecule has 1 N–H and O–H groups in total. The van der Waals surface area contributed by atoms with Crippen molar-refractivity contribution < 1.29 is 33.8 Å². The van der Waals surface area contributed by atoms with Gasteiger partial charge in [-0.05, 0) is 41.0 Å². The molecular weight excluding hydrogens is 474 g/mol. The number of amides is 2. The lowest BCUT2D eigenvalue weighted by atomic mass is 9.79. The number of esters is 1. The average Bonchev–Trinajstić information content (AvgIpc) is 3.03. The zero-order chi connectivity index (χ0) is 27.9. The first-order valence-electron chi connectivity index (χ1n) is 12.2. The fourth-order valence-electron chi connectivity index (χ4n) is 4.55. The quantitative estimate of drug-likeness (QED) is 0.319. The van der Waals surface area contributed by atoms with Gasteiger partial charge < -0.3 is 14.6 Å². The van der Waals surface area contributed by atoms with Crippen molar-refractivity contribution in [3.05, 3.63) is 58.7 Å². The van der Waals surface area contributed by atoms with Crippen LogP contribution in [0.1, 0.15) is 86.7 Å². The SMILES string of the molecule is COc1cc(C(C)(C)C)c(OC(=O)C(C(C)CC(=O)O)N2C(=O)c3ccccc3C2=O)c(C(C)(C)C)c1. The van der Waals surface area contributed by atoms with Crippen LogP contribution in [0.3, 0.4) is 0 Å². The van der Waals surface area contributed by atoms with E-state index < -0.39 is 53.0 Å². The van der Waals surface area contributed by atoms with Gasteiger partial charge in [-0.25, -0.2) is 4.79 Å². The van der Waals surface area contributed by atoms with Gasteiger partial charge in [-0.1, -0.05) is 60.6 Å². The summed E-state index contributed by atoms with van der Waals surface area (Å²) in [5.74, 6) is -3.31. The number of fused-ring (bicyclic) bond motifs is 1. The molecule has 1 heterocycles. The Labute approximate surface area is 217 Å². The summed E-state index contributed by atoms with van der Waals surface area (Å²) in [5.41, 5.74) is 0.837. The molecule has 2 unspecified atom stereocenters. The van der Waals surface area contributed by atoms with E-state index in [1.165, 1.54) is 19.1 Å². The van der Waals surface area contributed by atoms with Gasteiger partial charge in [0.25, 0.3) is 11.8 Å². The van der Waals surface area contributed by atoms with E-state index in [0.717, 1.165) is 4.90 Å². The van der Waals surface area contributed by atoms with Crippen molar-refractivity contribution in [2.45, 2.75) is 71.8 Å². The van der Waals surface area contributed by atoms with Crippen LogP contribution in [-0.2, 0) is 20.4 Å². The highest BCUT2D eigenvalue weighted by Crippen LogP contribution is 2.43. The summed E-state index contributed by atoms with van der Waals surface area (Å²) >= 11 is 0. The number of ether oxygens (including phenoxy) is 2. The Kier molecular flexibility index (Phi) is 7.54. The molecule has 2 atom stereocenters. The zero-order valence-corrected chi connectivity index (χ0v) is 22.7. The number of methoxy groups -OCH3 is 1. The molecule has 198 valence electrons. The molecule has 0 spiro atoms. The highest BCUT2D eigenvalue weighted by molar-refractivity contribution is 6.22. The van der Waals surface area contributed by atoms with E-state index in [-0.39, 0.29) is 11.1 Å². The Hall–Kier alpha value is -3.68. The van der Waals surface area contributed by atoms with E-state index in [1.807, 2.05) is 41.5 Å². The van der Waals surface area contributed by atoms with Crippen LogP contribution in [0.2, 0.25) is 0 Å². The van der Waals surface area contributed by atoms with Gasteiger partial charge in [0.1, 0.15) is 17.5 Å². The Balaban J connectivity index is 2.16. The van der Waals surface area contributed by atoms with E-state index >= 15 is 0 Å². The van der Waals surface area contributed by atoms with Crippen molar-refractivity contribution in [2.75, 3.05) is 7.11 Å². The third-order valence-corrected chi connectivity index (χ3v) is 6.50. The molecule has 37 heavy (non-hydrogen) atoms. The molecule has 1 aliphatic heterocycles. The van der Waals surface area contributed by atoms with Crippen molar-refractivity contribution >= 4 is 23.8 Å². The molecule has 0 fully saturated rings. The predicted octanol–water partition coefficient (Wildman–Crippen LogP) is 4.97. The van der Waals surface area contributed by atoms with E-state index in [2.05, 4.69) is 0 Å². The number of nitrogens with zero attached hydrogens (tertiary/aromatic N) is 1. The van der Waals surface area contributed by atoms with Crippen LogP contribution in [0.15, 0.2) is 36.4 Å². The topological polar surface area (TPSA) is 110 Å². The number of hydrogen-bond acceptors (Lipinski definition) is 6. The number of benzene rings is 2. The third-order valence-electron chi connectivity index (χ3n) is 6.50. The van der Waals surface area contributed by atoms with Gasteiger partial charge in [0.15, 0.2) is 0 Å². The largest absolute Gasteiger partial charge is 0.497 e. The molecule has 0 aliphatic carbocycles. The molecule has 8 nitrogen and oxygen atoms in total. The second-order valence-corrected chi connectivity index (χ2v) is 11.5. The van der Waals surface area contributed by atoms with E-state index in [1.54, 1.807) is 31.4 Å². The Morgan fingerprint density at radius 2 is 1.38 bits per heavy atom. The first-order valence-corrected chi connectivity index (χ1v) is 12.2. The normalized spacial score (nSPS) is 15.3. The lowest BCUT2D eigenvalue weighted by Gasteiger charge is -2.32. The summed E-state index contributed by atoms with van der Waals surface area (Å²) in [5, 5.41) is 9.46. The predicted molar refractivity (Wildman–Crippen MR) is 138 cm³/mol. The number of imide groups is 1. The molecule has 0 bridgehead atoms. The molecule has 1 aliphatic rings. The first kappa shape index (κ1) is 27.9. The molecule has 2 aromatic rings. The van der Waals surface area contributed by atoms with Crippen LogP contribution in [0.4, 0.5) is 0 Å². The molecule has 3 rings (SSSR count). The van der Waals surface area contributed by atoms with Crippen LogP contribution in [0, 0.1) is 5.92 Å². The lowest BCUT2D eigenvalue weighted by Crippen LogP contribution is -2.50. The Morgan fingerprint density at radius 1 is 0.919 bits per heavy atom. The minimum atomic E-state index is -1.44. The summed E-state index contributed by atoms with van der Waals surface area (Å²) < 4.78 is 11.6. The number of carbonyl (C=O) groups is 4. The molecule has 0 saturated carbocycles. The zero-order valence-electron chi connectivity index (χ0n) is 22.7. The minimum Gasteiger partial charge on any atom is -0.497 e. The average molecular weight is 510 g/mol. The van der Waals surface area contributed by atoms with E-state index in [0.29, 0.717) is 22.6 Å². The van der Waals surface area contributed by atoms with E-state index in [9.17, 15) is 24.3 Å². The van der Waals surface area contributed by atoms with Gasteiger partial charge in [0, 0.05) is 11.1 Å². The second-order valence-electron chi connectivity index (χ2n) is 11.5. The standard InChI is InChI=1S/C29H35NO7/c1-16(13-22(31)32)23(30-25(33)18-11-9-10-12-19(18)26(30)34)27(35)37-24-20(28(2,3)4)14-17(36-8)15-21(24)29(5,6)7/h9-12,14-16,23H,13H2,1-8H3,(H,31,32). The van der Waals surface area contributed by atoms with Crippen LogP contribution in [0.25, 0.3) is 0 Å². The summed E-state index contributed by atoms with van der Waals surface area (Å²) in [6.07, 6.45) is -0.436. The summed E-state index contributed by atoms with van der Waals surface area (Å²) in [6.45, 7) is 13.4. The molecule has 0 aromatic heterocycles. The maximum atomic E-state index is 13.9. The Morgan fingerprint density at radius 3 is 1.76 bits per heavy atom. The lowest BCUT2D eigenvalue weighted by molar-refractivity contribution is -0.143. The van der Waals surface area contributed by atoms with E-state index in [4.69, 9.17) is 9.47 Å². The first-order chi connectivity index (χ1) is 17.1. The van der Waals surface area contributed by atoms with Crippen molar-refractivity contribution in [2.24, 2.45) is 5.92 Å². The van der Waals surface area contributed by atoms with Gasteiger partial charge in [-0.3, -0.25) is 19.3 Å². The Bertz CT molecular complexity index is 1180. The van der Waals surface area contributed by atoms with Crippen molar-refractivity contribution in [3.63, 3.8) is 0 Å². The molecule has 8 heteroatoms. The minimum absolute atomic E-state index is 0.169. The van der Waals surface area contributed by atoms with Crippen molar-refractivity contribution in [3.8, 4) is 11.5 Å².